The average molecular weight is 421 g/mol. The van der Waals surface area contributed by atoms with E-state index in [4.69, 9.17) is 22.5 Å². The molecule has 0 amide bonds. The molecular weight excluding hydrogens is 398 g/mol. The van der Waals surface area contributed by atoms with Gasteiger partial charge in [-0.1, -0.05) is 6.07 Å². The van der Waals surface area contributed by atoms with Crippen LogP contribution >= 0.6 is 0 Å². The molecule has 2 aromatic heterocycles. The van der Waals surface area contributed by atoms with E-state index in [9.17, 15) is 8.42 Å². The van der Waals surface area contributed by atoms with E-state index in [1.807, 2.05) is 25.1 Å². The van der Waals surface area contributed by atoms with Crippen molar-refractivity contribution in [3.63, 3.8) is 0 Å². The molecule has 9 heteroatoms. The summed E-state index contributed by atoms with van der Waals surface area (Å²) in [4.78, 5) is 4.42. The largest absolute Gasteiger partial charge is 0.493 e. The molecule has 0 aliphatic carbocycles. The van der Waals surface area contributed by atoms with Crippen molar-refractivity contribution in [3.05, 3.63) is 53.6 Å². The van der Waals surface area contributed by atoms with E-state index in [2.05, 4.69) is 4.98 Å². The molecule has 29 heavy (non-hydrogen) atoms. The van der Waals surface area contributed by atoms with Crippen LogP contribution < -0.4 is 9.47 Å². The van der Waals surface area contributed by atoms with Gasteiger partial charge in [0.25, 0.3) is 16.0 Å². The van der Waals surface area contributed by atoms with Gasteiger partial charge in [-0.3, -0.25) is 4.18 Å². The third kappa shape index (κ3) is 5.85. The topological polar surface area (TPSA) is 101 Å². The lowest BCUT2D eigenvalue weighted by Crippen LogP contribution is -2.05. The van der Waals surface area contributed by atoms with Crippen LogP contribution in [0.2, 0.25) is 0 Å². The van der Waals surface area contributed by atoms with Gasteiger partial charge in [-0.25, -0.2) is 4.98 Å². The molecule has 2 heterocycles. The van der Waals surface area contributed by atoms with Crippen molar-refractivity contribution in [3.8, 4) is 23.1 Å². The summed E-state index contributed by atoms with van der Waals surface area (Å²) < 4.78 is 49.0. The lowest BCUT2D eigenvalue weighted by atomic mass is 10.1. The first-order chi connectivity index (χ1) is 13.9. The van der Waals surface area contributed by atoms with Gasteiger partial charge < -0.3 is 18.3 Å². The Morgan fingerprint density at radius 3 is 2.69 bits per heavy atom. The molecule has 8 nitrogen and oxygen atoms in total. The van der Waals surface area contributed by atoms with Crippen molar-refractivity contribution in [2.45, 2.75) is 26.4 Å². The number of hydrogen-bond acceptors (Lipinski definition) is 8. The number of hydrogen-bond donors (Lipinski definition) is 0. The Hall–Kier alpha value is -2.78. The zero-order chi connectivity index (χ0) is 20.9. The lowest BCUT2D eigenvalue weighted by molar-refractivity contribution is 0.279. The highest BCUT2D eigenvalue weighted by Crippen LogP contribution is 2.30. The Kier molecular flexibility index (Phi) is 6.60. The molecule has 0 aliphatic rings. The van der Waals surface area contributed by atoms with E-state index in [0.29, 0.717) is 47.4 Å². The molecule has 0 radical (unpaired) electrons. The average Bonchev–Trinajstić information content (AvgIpc) is 3.33. The van der Waals surface area contributed by atoms with Crippen LogP contribution in [-0.4, -0.2) is 33.4 Å². The van der Waals surface area contributed by atoms with E-state index >= 15 is 0 Å². The van der Waals surface area contributed by atoms with Gasteiger partial charge in [0.2, 0.25) is 0 Å². The first-order valence-electron chi connectivity index (χ1n) is 9.00. The van der Waals surface area contributed by atoms with Crippen molar-refractivity contribution in [2.24, 2.45) is 0 Å². The molecule has 0 atom stereocenters. The maximum absolute atomic E-state index is 11.0. The molecular formula is C20H23NO7S. The molecule has 0 fully saturated rings. The number of ether oxygens (including phenoxy) is 2. The van der Waals surface area contributed by atoms with Crippen LogP contribution in [0.3, 0.4) is 0 Å². The Morgan fingerprint density at radius 2 is 2.00 bits per heavy atom. The van der Waals surface area contributed by atoms with E-state index in [1.54, 1.807) is 25.5 Å². The smallest absolute Gasteiger partial charge is 0.264 e. The van der Waals surface area contributed by atoms with Gasteiger partial charge in [-0.15, -0.1) is 0 Å². The van der Waals surface area contributed by atoms with Gasteiger partial charge >= 0.3 is 0 Å². The fraction of sp³-hybridized carbons (Fsp3) is 0.350. The van der Waals surface area contributed by atoms with Crippen LogP contribution in [0.5, 0.6) is 11.5 Å². The first-order valence-corrected chi connectivity index (χ1v) is 10.8. The summed E-state index contributed by atoms with van der Waals surface area (Å²) in [5.41, 5.74) is 1.66. The summed E-state index contributed by atoms with van der Waals surface area (Å²) in [6.45, 7) is 2.17. The summed E-state index contributed by atoms with van der Waals surface area (Å²) in [6.07, 6.45) is 3.83. The second-order valence-corrected chi connectivity index (χ2v) is 8.05. The van der Waals surface area contributed by atoms with Crippen molar-refractivity contribution >= 4 is 10.1 Å². The third-order valence-corrected chi connectivity index (χ3v) is 4.72. The normalized spacial score (nSPS) is 11.6. The minimum absolute atomic E-state index is 0.142. The highest BCUT2D eigenvalue weighted by Gasteiger charge is 2.15. The minimum Gasteiger partial charge on any atom is -0.493 e. The number of benzene rings is 1. The monoisotopic (exact) mass is 421 g/mol. The van der Waals surface area contributed by atoms with Crippen LogP contribution in [0.4, 0.5) is 0 Å². The van der Waals surface area contributed by atoms with Crippen LogP contribution in [-0.2, 0) is 27.3 Å². The predicted molar refractivity (Wildman–Crippen MR) is 105 cm³/mol. The molecule has 0 saturated carbocycles. The van der Waals surface area contributed by atoms with Crippen LogP contribution in [0.25, 0.3) is 11.7 Å². The fourth-order valence-electron chi connectivity index (χ4n) is 2.69. The number of methoxy groups -OCH3 is 1. The molecule has 0 bridgehead atoms. The Balaban J connectivity index is 1.61. The molecule has 156 valence electrons. The second kappa shape index (κ2) is 9.15. The van der Waals surface area contributed by atoms with Crippen LogP contribution in [0, 0.1) is 6.92 Å². The molecule has 0 N–H and O–H groups in total. The summed E-state index contributed by atoms with van der Waals surface area (Å²) in [5.74, 6) is 2.77. The molecule has 0 spiro atoms. The molecule has 0 unspecified atom stereocenters. The maximum Gasteiger partial charge on any atom is 0.264 e. The van der Waals surface area contributed by atoms with E-state index in [1.165, 1.54) is 0 Å². The maximum atomic E-state index is 11.0. The highest BCUT2D eigenvalue weighted by molar-refractivity contribution is 7.85. The van der Waals surface area contributed by atoms with E-state index < -0.39 is 10.1 Å². The summed E-state index contributed by atoms with van der Waals surface area (Å²) in [7, 11) is -1.85. The zero-order valence-electron chi connectivity index (χ0n) is 16.5. The molecule has 0 aliphatic heterocycles. The molecule has 3 rings (SSSR count). The number of rotatable bonds is 10. The Bertz CT molecular complexity index is 1040. The fourth-order valence-corrected chi connectivity index (χ4v) is 3.11. The van der Waals surface area contributed by atoms with Crippen molar-refractivity contribution in [1.29, 1.82) is 0 Å². The van der Waals surface area contributed by atoms with Gasteiger partial charge in [-0.2, -0.15) is 8.42 Å². The Morgan fingerprint density at radius 1 is 1.17 bits per heavy atom. The van der Waals surface area contributed by atoms with Gasteiger partial charge in [0.05, 0.1) is 26.2 Å². The highest BCUT2D eigenvalue weighted by atomic mass is 32.2. The van der Waals surface area contributed by atoms with Gasteiger partial charge in [0, 0.05) is 0 Å². The quantitative estimate of drug-likeness (QED) is 0.360. The molecule has 1 aromatic carbocycles. The summed E-state index contributed by atoms with van der Waals surface area (Å²) >= 11 is 0. The first kappa shape index (κ1) is 20.9. The summed E-state index contributed by atoms with van der Waals surface area (Å²) in [6, 6.07) is 9.12. The number of nitrogens with zero attached hydrogens (tertiary/aromatic N) is 1. The molecule has 3 aromatic rings. The van der Waals surface area contributed by atoms with Crippen molar-refractivity contribution < 1.29 is 30.9 Å². The van der Waals surface area contributed by atoms with Crippen molar-refractivity contribution in [1.82, 2.24) is 4.98 Å². The number of aryl methyl sites for hydroxylation is 2. The lowest BCUT2D eigenvalue weighted by Gasteiger charge is -2.11. The SMILES string of the molecule is COc1cc(CCCOS(C)(=O)=O)ccc1OCc1nc(-c2ccco2)oc1C. The standard InChI is InChI=1S/C20H23NO7S/c1-14-16(21-20(28-14)18-7-5-10-25-18)13-26-17-9-8-15(12-19(17)24-2)6-4-11-27-29(3,22)23/h5,7-10,12H,4,6,11,13H2,1-3H3. The molecule has 0 saturated heterocycles. The van der Waals surface area contributed by atoms with Crippen LogP contribution in [0.1, 0.15) is 23.4 Å². The number of furan rings is 1. The van der Waals surface area contributed by atoms with E-state index in [-0.39, 0.29) is 13.2 Å². The van der Waals surface area contributed by atoms with Gasteiger partial charge in [-0.05, 0) is 49.6 Å². The minimum atomic E-state index is -3.41. The van der Waals surface area contributed by atoms with Gasteiger partial charge in [0.1, 0.15) is 18.1 Å². The van der Waals surface area contributed by atoms with Crippen molar-refractivity contribution in [2.75, 3.05) is 20.0 Å². The predicted octanol–water partition coefficient (Wildman–Crippen LogP) is 3.74. The van der Waals surface area contributed by atoms with Crippen LogP contribution in [0.15, 0.2) is 45.4 Å². The Labute approximate surface area is 169 Å². The van der Waals surface area contributed by atoms with Gasteiger partial charge in [0.15, 0.2) is 17.3 Å². The number of oxazole rings is 1. The summed E-state index contributed by atoms with van der Waals surface area (Å²) in [5, 5.41) is 0. The second-order valence-electron chi connectivity index (χ2n) is 6.40. The third-order valence-electron chi connectivity index (χ3n) is 4.12. The number of aromatic nitrogens is 1. The zero-order valence-corrected chi connectivity index (χ0v) is 17.3. The van der Waals surface area contributed by atoms with E-state index in [0.717, 1.165) is 11.8 Å².